The molecule has 3 heterocycles. The zero-order valence-electron chi connectivity index (χ0n) is 14.7. The molecular formula is C18H28N4O2. The van der Waals surface area contributed by atoms with Crippen LogP contribution in [0.1, 0.15) is 31.4 Å². The maximum atomic E-state index is 11.9. The highest BCUT2D eigenvalue weighted by atomic mass is 16.5. The molecule has 1 unspecified atom stereocenters. The van der Waals surface area contributed by atoms with E-state index in [9.17, 15) is 4.79 Å². The summed E-state index contributed by atoms with van der Waals surface area (Å²) in [5.41, 5.74) is 1.05. The summed E-state index contributed by atoms with van der Waals surface area (Å²) in [5.74, 6) is 0. The maximum Gasteiger partial charge on any atom is 0.317 e. The third-order valence-corrected chi connectivity index (χ3v) is 5.11. The Kier molecular flexibility index (Phi) is 5.36. The van der Waals surface area contributed by atoms with Crippen LogP contribution in [-0.2, 0) is 11.3 Å². The third-order valence-electron chi connectivity index (χ3n) is 5.11. The molecule has 132 valence electrons. The molecule has 0 aliphatic carbocycles. The summed E-state index contributed by atoms with van der Waals surface area (Å²) in [4.78, 5) is 20.3. The second-order valence-electron chi connectivity index (χ2n) is 7.16. The van der Waals surface area contributed by atoms with E-state index < -0.39 is 0 Å². The first-order valence-electron chi connectivity index (χ1n) is 8.80. The van der Waals surface area contributed by atoms with Crippen molar-refractivity contribution in [2.75, 3.05) is 33.8 Å². The smallest absolute Gasteiger partial charge is 0.317 e. The number of amides is 2. The van der Waals surface area contributed by atoms with E-state index in [2.05, 4.69) is 21.3 Å². The normalized spacial score (nSPS) is 23.8. The molecule has 0 aromatic carbocycles. The summed E-state index contributed by atoms with van der Waals surface area (Å²) in [6.07, 6.45) is 5.72. The molecule has 2 fully saturated rings. The predicted octanol–water partition coefficient (Wildman–Crippen LogP) is 1.87. The van der Waals surface area contributed by atoms with Gasteiger partial charge in [0.1, 0.15) is 0 Å². The summed E-state index contributed by atoms with van der Waals surface area (Å²) >= 11 is 0. The van der Waals surface area contributed by atoms with Gasteiger partial charge in [-0.3, -0.25) is 9.88 Å². The van der Waals surface area contributed by atoms with Crippen LogP contribution in [0, 0.1) is 0 Å². The molecule has 0 radical (unpaired) electrons. The quantitative estimate of drug-likeness (QED) is 0.918. The second-order valence-corrected chi connectivity index (χ2v) is 7.16. The number of pyridine rings is 1. The van der Waals surface area contributed by atoms with Crippen molar-refractivity contribution in [3.63, 3.8) is 0 Å². The Labute approximate surface area is 144 Å². The van der Waals surface area contributed by atoms with E-state index in [0.717, 1.165) is 57.6 Å². The lowest BCUT2D eigenvalue weighted by Gasteiger charge is -2.46. The Morgan fingerprint density at radius 1 is 1.42 bits per heavy atom. The molecule has 1 atom stereocenters. The number of hydrogen-bond acceptors (Lipinski definition) is 4. The van der Waals surface area contributed by atoms with Crippen molar-refractivity contribution in [3.05, 3.63) is 30.1 Å². The van der Waals surface area contributed by atoms with Crippen LogP contribution in [0.3, 0.4) is 0 Å². The van der Waals surface area contributed by atoms with Gasteiger partial charge in [-0.15, -0.1) is 0 Å². The van der Waals surface area contributed by atoms with E-state index in [-0.39, 0.29) is 17.7 Å². The molecule has 2 saturated heterocycles. The molecule has 1 aromatic heterocycles. The van der Waals surface area contributed by atoms with Gasteiger partial charge in [0.15, 0.2) is 0 Å². The minimum atomic E-state index is -0.0663. The van der Waals surface area contributed by atoms with Gasteiger partial charge >= 0.3 is 6.03 Å². The van der Waals surface area contributed by atoms with Crippen LogP contribution >= 0.6 is 0 Å². The Balaban J connectivity index is 1.51. The van der Waals surface area contributed by atoms with E-state index in [1.165, 1.54) is 0 Å². The van der Waals surface area contributed by atoms with Crippen molar-refractivity contribution in [1.82, 2.24) is 20.1 Å². The third kappa shape index (κ3) is 4.24. The van der Waals surface area contributed by atoms with E-state index in [0.29, 0.717) is 0 Å². The topological polar surface area (TPSA) is 57.7 Å². The summed E-state index contributed by atoms with van der Waals surface area (Å²) in [6, 6.07) is 6.28. The zero-order chi connectivity index (χ0) is 17.0. The first-order chi connectivity index (χ1) is 11.6. The average molecular weight is 332 g/mol. The van der Waals surface area contributed by atoms with Crippen LogP contribution in [0.5, 0.6) is 0 Å². The minimum Gasteiger partial charge on any atom is -0.375 e. The van der Waals surface area contributed by atoms with Crippen LogP contribution in [0.25, 0.3) is 0 Å². The highest BCUT2D eigenvalue weighted by Crippen LogP contribution is 2.35. The highest BCUT2D eigenvalue weighted by molar-refractivity contribution is 5.73. The van der Waals surface area contributed by atoms with Crippen molar-refractivity contribution in [2.24, 2.45) is 0 Å². The van der Waals surface area contributed by atoms with Gasteiger partial charge < -0.3 is 15.0 Å². The van der Waals surface area contributed by atoms with Crippen LogP contribution in [0.4, 0.5) is 4.79 Å². The van der Waals surface area contributed by atoms with Crippen molar-refractivity contribution in [1.29, 1.82) is 0 Å². The molecule has 1 N–H and O–H groups in total. The number of aromatic nitrogens is 1. The number of piperidine rings is 1. The van der Waals surface area contributed by atoms with Gasteiger partial charge in [-0.1, -0.05) is 6.07 Å². The first-order valence-corrected chi connectivity index (χ1v) is 8.80. The largest absolute Gasteiger partial charge is 0.375 e. The van der Waals surface area contributed by atoms with Gasteiger partial charge in [0.05, 0.1) is 11.3 Å². The molecule has 6 nitrogen and oxygen atoms in total. The summed E-state index contributed by atoms with van der Waals surface area (Å²) in [7, 11) is 3.56. The lowest BCUT2D eigenvalue weighted by molar-refractivity contribution is -0.119. The number of carbonyl (C=O) groups is 1. The molecule has 0 bridgehead atoms. The molecule has 2 aliphatic rings. The standard InChI is InChI=1S/C18H28N4O2/c1-21(2)17(23)20-15-6-12-24-18(13-15)7-10-22(11-8-18)14-16-5-3-4-9-19-16/h3-5,9,15H,6-8,10-14H2,1-2H3,(H,20,23). The fourth-order valence-electron chi connectivity index (χ4n) is 3.64. The molecule has 3 rings (SSSR count). The average Bonchev–Trinajstić information content (AvgIpc) is 2.58. The Morgan fingerprint density at radius 3 is 2.88 bits per heavy atom. The van der Waals surface area contributed by atoms with E-state index >= 15 is 0 Å². The van der Waals surface area contributed by atoms with Crippen molar-refractivity contribution in [3.8, 4) is 0 Å². The predicted molar refractivity (Wildman–Crippen MR) is 92.7 cm³/mol. The number of hydrogen-bond donors (Lipinski definition) is 1. The lowest BCUT2D eigenvalue weighted by Crippen LogP contribution is -2.54. The van der Waals surface area contributed by atoms with Crippen molar-refractivity contribution < 1.29 is 9.53 Å². The summed E-state index contributed by atoms with van der Waals surface area (Å²) in [5, 5.41) is 3.12. The second kappa shape index (κ2) is 7.49. The van der Waals surface area contributed by atoms with E-state index in [4.69, 9.17) is 4.74 Å². The first kappa shape index (κ1) is 17.2. The Bertz CT molecular complexity index is 541. The molecule has 1 aromatic rings. The number of likely N-dealkylation sites (tertiary alicyclic amines) is 1. The molecule has 2 aliphatic heterocycles. The Morgan fingerprint density at radius 2 is 2.21 bits per heavy atom. The lowest BCUT2D eigenvalue weighted by atomic mass is 9.82. The fourth-order valence-corrected chi connectivity index (χ4v) is 3.64. The number of ether oxygens (including phenoxy) is 1. The van der Waals surface area contributed by atoms with Crippen molar-refractivity contribution in [2.45, 2.75) is 43.9 Å². The SMILES string of the molecule is CN(C)C(=O)NC1CCOC2(CCN(Cc3ccccn3)CC2)C1. The molecule has 0 saturated carbocycles. The molecule has 6 heteroatoms. The molecule has 1 spiro atoms. The van der Waals surface area contributed by atoms with Crippen LogP contribution in [0.2, 0.25) is 0 Å². The van der Waals surface area contributed by atoms with Gasteiger partial charge in [-0.05, 0) is 37.8 Å². The highest BCUT2D eigenvalue weighted by Gasteiger charge is 2.40. The maximum absolute atomic E-state index is 11.9. The van der Waals surface area contributed by atoms with Crippen molar-refractivity contribution >= 4 is 6.03 Å². The Hall–Kier alpha value is -1.66. The number of nitrogens with one attached hydrogen (secondary N) is 1. The molecule has 24 heavy (non-hydrogen) atoms. The zero-order valence-corrected chi connectivity index (χ0v) is 14.7. The van der Waals surface area contributed by atoms with Crippen LogP contribution < -0.4 is 5.32 Å². The van der Waals surface area contributed by atoms with Gasteiger partial charge in [-0.2, -0.15) is 0 Å². The molecule has 2 amide bonds. The molecular weight excluding hydrogens is 304 g/mol. The van der Waals surface area contributed by atoms with E-state index in [1.807, 2.05) is 18.3 Å². The van der Waals surface area contributed by atoms with Gasteiger partial charge in [0, 0.05) is 52.6 Å². The number of carbonyl (C=O) groups excluding carboxylic acids is 1. The monoisotopic (exact) mass is 332 g/mol. The summed E-state index contributed by atoms with van der Waals surface area (Å²) in [6.45, 7) is 3.67. The van der Waals surface area contributed by atoms with E-state index in [1.54, 1.807) is 19.0 Å². The summed E-state index contributed by atoms with van der Waals surface area (Å²) < 4.78 is 6.17. The fraction of sp³-hybridized carbons (Fsp3) is 0.667. The number of urea groups is 1. The van der Waals surface area contributed by atoms with Gasteiger partial charge in [0.25, 0.3) is 0 Å². The minimum absolute atomic E-state index is 0.00959. The van der Waals surface area contributed by atoms with Gasteiger partial charge in [-0.25, -0.2) is 4.79 Å². The van der Waals surface area contributed by atoms with Crippen LogP contribution in [-0.4, -0.2) is 66.2 Å². The number of rotatable bonds is 3. The van der Waals surface area contributed by atoms with Gasteiger partial charge in [0.2, 0.25) is 0 Å². The van der Waals surface area contributed by atoms with Crippen LogP contribution in [0.15, 0.2) is 24.4 Å². The number of nitrogens with zero attached hydrogens (tertiary/aromatic N) is 3.